The minimum atomic E-state index is -0.791. The fraction of sp³-hybridized carbons (Fsp3) is 0.333. The molecule has 2 N–H and O–H groups in total. The summed E-state index contributed by atoms with van der Waals surface area (Å²) >= 11 is 0. The maximum atomic E-state index is 12.2. The zero-order chi connectivity index (χ0) is 18.8. The average Bonchev–Trinajstić information content (AvgIpc) is 3.00. The fourth-order valence-corrected chi connectivity index (χ4v) is 4.01. The summed E-state index contributed by atoms with van der Waals surface area (Å²) in [5, 5.41) is 11.0. The summed E-state index contributed by atoms with van der Waals surface area (Å²) < 4.78 is 0. The van der Waals surface area contributed by atoms with Crippen LogP contribution in [0.25, 0.3) is 10.9 Å². The highest BCUT2D eigenvalue weighted by Gasteiger charge is 2.33. The van der Waals surface area contributed by atoms with Crippen molar-refractivity contribution in [3.8, 4) is 0 Å². The summed E-state index contributed by atoms with van der Waals surface area (Å²) in [7, 11) is 0. The number of benzene rings is 1. The first-order chi connectivity index (χ1) is 13.1. The van der Waals surface area contributed by atoms with Crippen LogP contribution < -0.4 is 0 Å². The number of pyridine rings is 1. The number of carbonyl (C=O) groups is 1. The Morgan fingerprint density at radius 1 is 1.15 bits per heavy atom. The van der Waals surface area contributed by atoms with E-state index in [2.05, 4.69) is 19.8 Å². The van der Waals surface area contributed by atoms with Gasteiger partial charge in [0.25, 0.3) is 0 Å². The summed E-state index contributed by atoms with van der Waals surface area (Å²) in [6.07, 6.45) is 1.81. The first-order valence-electron chi connectivity index (χ1n) is 9.30. The van der Waals surface area contributed by atoms with E-state index >= 15 is 0 Å². The molecule has 0 saturated carbocycles. The number of hydrogen-bond acceptors (Lipinski definition) is 4. The van der Waals surface area contributed by atoms with E-state index in [1.165, 1.54) is 0 Å². The molecule has 1 aromatic carbocycles. The molecule has 0 amide bonds. The largest absolute Gasteiger partial charge is 0.480 e. The van der Waals surface area contributed by atoms with Crippen molar-refractivity contribution in [2.45, 2.75) is 19.5 Å². The number of aromatic amines is 1. The highest BCUT2D eigenvalue weighted by Crippen LogP contribution is 2.32. The van der Waals surface area contributed by atoms with E-state index in [0.717, 1.165) is 60.6 Å². The first kappa shape index (κ1) is 17.7. The van der Waals surface area contributed by atoms with E-state index in [0.29, 0.717) is 0 Å². The van der Waals surface area contributed by atoms with Gasteiger partial charge in [-0.05, 0) is 25.1 Å². The summed E-state index contributed by atoms with van der Waals surface area (Å²) in [6, 6.07) is 13.2. The second kappa shape index (κ2) is 7.50. The Morgan fingerprint density at radius 3 is 2.59 bits per heavy atom. The lowest BCUT2D eigenvalue weighted by molar-refractivity contribution is -0.144. The van der Waals surface area contributed by atoms with Crippen LogP contribution in [0.1, 0.15) is 23.0 Å². The predicted octanol–water partition coefficient (Wildman–Crippen LogP) is 2.81. The molecule has 1 saturated heterocycles. The zero-order valence-electron chi connectivity index (χ0n) is 15.4. The zero-order valence-corrected chi connectivity index (χ0v) is 15.4. The van der Waals surface area contributed by atoms with Gasteiger partial charge in [-0.15, -0.1) is 0 Å². The van der Waals surface area contributed by atoms with Crippen molar-refractivity contribution in [3.05, 3.63) is 65.6 Å². The van der Waals surface area contributed by atoms with Gasteiger partial charge in [-0.1, -0.05) is 24.3 Å². The number of para-hydroxylation sites is 1. The van der Waals surface area contributed by atoms with Crippen LogP contribution in [-0.2, 0) is 11.3 Å². The molecular weight excluding hydrogens is 340 g/mol. The van der Waals surface area contributed by atoms with Gasteiger partial charge in [0.2, 0.25) is 0 Å². The van der Waals surface area contributed by atoms with Crippen LogP contribution in [0.15, 0.2) is 48.7 Å². The molecule has 1 unspecified atom stereocenters. The van der Waals surface area contributed by atoms with Gasteiger partial charge in [-0.3, -0.25) is 19.6 Å². The third-order valence-corrected chi connectivity index (χ3v) is 5.33. The Balaban J connectivity index is 1.52. The van der Waals surface area contributed by atoms with Gasteiger partial charge in [0.05, 0.1) is 5.69 Å². The van der Waals surface area contributed by atoms with Crippen LogP contribution in [0.4, 0.5) is 0 Å². The molecule has 140 valence electrons. The van der Waals surface area contributed by atoms with Gasteiger partial charge in [-0.25, -0.2) is 0 Å². The Morgan fingerprint density at radius 2 is 1.89 bits per heavy atom. The minimum absolute atomic E-state index is 0.627. The van der Waals surface area contributed by atoms with Crippen molar-refractivity contribution in [1.82, 2.24) is 19.8 Å². The minimum Gasteiger partial charge on any atom is -0.480 e. The van der Waals surface area contributed by atoms with E-state index in [9.17, 15) is 9.90 Å². The van der Waals surface area contributed by atoms with Crippen LogP contribution in [0.3, 0.4) is 0 Å². The third-order valence-electron chi connectivity index (χ3n) is 5.33. The number of rotatable bonds is 5. The molecule has 6 heteroatoms. The van der Waals surface area contributed by atoms with Crippen molar-refractivity contribution in [3.63, 3.8) is 0 Å². The lowest BCUT2D eigenvalue weighted by atomic mass is 10.0. The summed E-state index contributed by atoms with van der Waals surface area (Å²) in [5.41, 5.74) is 3.86. The number of H-pyrrole nitrogens is 1. The van der Waals surface area contributed by atoms with Gasteiger partial charge >= 0.3 is 5.97 Å². The molecule has 1 fully saturated rings. The Labute approximate surface area is 158 Å². The molecule has 0 spiro atoms. The Hall–Kier alpha value is -2.70. The summed E-state index contributed by atoms with van der Waals surface area (Å²) in [4.78, 5) is 24.3. The van der Waals surface area contributed by atoms with E-state index in [1.54, 1.807) is 0 Å². The van der Waals surface area contributed by atoms with Crippen molar-refractivity contribution in [2.75, 3.05) is 26.2 Å². The van der Waals surface area contributed by atoms with Crippen LogP contribution in [0, 0.1) is 6.92 Å². The van der Waals surface area contributed by atoms with Crippen LogP contribution in [-0.4, -0.2) is 57.0 Å². The number of aryl methyl sites for hydroxylation is 1. The van der Waals surface area contributed by atoms with Crippen molar-refractivity contribution in [2.24, 2.45) is 0 Å². The Kier molecular flexibility index (Phi) is 4.92. The quantitative estimate of drug-likeness (QED) is 0.728. The number of carboxylic acid groups (broad SMARTS) is 1. The molecule has 27 heavy (non-hydrogen) atoms. The molecule has 4 rings (SSSR count). The van der Waals surface area contributed by atoms with Crippen molar-refractivity contribution >= 4 is 16.9 Å². The van der Waals surface area contributed by atoms with Crippen molar-refractivity contribution in [1.29, 1.82) is 0 Å². The van der Waals surface area contributed by atoms with Crippen LogP contribution in [0.2, 0.25) is 0 Å². The van der Waals surface area contributed by atoms with Crippen LogP contribution >= 0.6 is 0 Å². The topological polar surface area (TPSA) is 72.5 Å². The third kappa shape index (κ3) is 3.59. The predicted molar refractivity (Wildman–Crippen MR) is 104 cm³/mol. The lowest BCUT2D eigenvalue weighted by Crippen LogP contribution is -2.49. The highest BCUT2D eigenvalue weighted by molar-refractivity contribution is 5.90. The number of fused-ring (bicyclic) bond motifs is 1. The maximum absolute atomic E-state index is 12.2. The highest BCUT2D eigenvalue weighted by atomic mass is 16.4. The van der Waals surface area contributed by atoms with Gasteiger partial charge in [-0.2, -0.15) is 0 Å². The second-order valence-corrected chi connectivity index (χ2v) is 7.08. The molecule has 3 aromatic rings. The molecule has 0 aliphatic carbocycles. The summed E-state index contributed by atoms with van der Waals surface area (Å²) in [6.45, 7) is 5.89. The molecule has 3 heterocycles. The standard InChI is InChI=1S/C21H24N4O2/c1-15-19(17-7-2-3-8-18(17)23-15)20(21(26)27)25-12-10-24(11-13-25)14-16-6-4-5-9-22-16/h2-9,20,23H,10-14H2,1H3,(H,26,27). The number of piperazine rings is 1. The van der Waals surface area contributed by atoms with Gasteiger partial charge in [0.1, 0.15) is 6.04 Å². The normalized spacial score (nSPS) is 17.2. The number of hydrogen-bond donors (Lipinski definition) is 2. The number of carboxylic acids is 1. The number of nitrogens with one attached hydrogen (secondary N) is 1. The molecule has 1 atom stereocenters. The van der Waals surface area contributed by atoms with E-state index < -0.39 is 12.0 Å². The molecule has 6 nitrogen and oxygen atoms in total. The van der Waals surface area contributed by atoms with Crippen LogP contribution in [0.5, 0.6) is 0 Å². The SMILES string of the molecule is Cc1[nH]c2ccccc2c1C(C(=O)O)N1CCN(Cc2ccccn2)CC1. The summed E-state index contributed by atoms with van der Waals surface area (Å²) in [5.74, 6) is -0.791. The first-order valence-corrected chi connectivity index (χ1v) is 9.30. The molecule has 0 bridgehead atoms. The van der Waals surface area contributed by atoms with Gasteiger partial charge in [0.15, 0.2) is 0 Å². The van der Waals surface area contributed by atoms with Crippen molar-refractivity contribution < 1.29 is 9.90 Å². The number of aromatic nitrogens is 2. The molecule has 2 aromatic heterocycles. The second-order valence-electron chi connectivity index (χ2n) is 7.08. The molecule has 1 aliphatic heterocycles. The number of nitrogens with zero attached hydrogens (tertiary/aromatic N) is 3. The van der Waals surface area contributed by atoms with Gasteiger partial charge in [0, 0.05) is 61.1 Å². The van der Waals surface area contributed by atoms with E-state index in [-0.39, 0.29) is 0 Å². The van der Waals surface area contributed by atoms with Gasteiger partial charge < -0.3 is 10.1 Å². The fourth-order valence-electron chi connectivity index (χ4n) is 4.01. The number of aliphatic carboxylic acids is 1. The monoisotopic (exact) mass is 364 g/mol. The molecule has 1 aliphatic rings. The lowest BCUT2D eigenvalue weighted by Gasteiger charge is -2.37. The molecule has 0 radical (unpaired) electrons. The van der Waals surface area contributed by atoms with E-state index in [4.69, 9.17) is 0 Å². The smallest absolute Gasteiger partial charge is 0.325 e. The average molecular weight is 364 g/mol. The Bertz CT molecular complexity index is 930. The molecular formula is C21H24N4O2. The maximum Gasteiger partial charge on any atom is 0.325 e. The van der Waals surface area contributed by atoms with E-state index in [1.807, 2.05) is 55.6 Å².